The predicted molar refractivity (Wildman–Crippen MR) is 70.4 cm³/mol. The fraction of sp³-hybridized carbons (Fsp3) is 0.500. The van der Waals surface area contributed by atoms with E-state index in [1.165, 1.54) is 11.3 Å². The maximum absolute atomic E-state index is 11.8. The number of hydrogen-bond acceptors (Lipinski definition) is 3. The highest BCUT2D eigenvalue weighted by molar-refractivity contribution is 14.1. The zero-order chi connectivity index (χ0) is 11.4. The summed E-state index contributed by atoms with van der Waals surface area (Å²) in [6, 6.07) is -0.143. The minimum absolute atomic E-state index is 0.0107. The van der Waals surface area contributed by atoms with Crippen molar-refractivity contribution in [3.8, 4) is 0 Å². The molecule has 15 heavy (non-hydrogen) atoms. The minimum Gasteiger partial charge on any atom is -0.394 e. The number of aliphatic hydroxyl groups is 1. The number of aliphatic hydroxyl groups excluding tert-OH is 1. The molecule has 5 heteroatoms. The van der Waals surface area contributed by atoms with Crippen molar-refractivity contribution in [3.63, 3.8) is 0 Å². The zero-order valence-corrected chi connectivity index (χ0v) is 11.7. The Labute approximate surface area is 107 Å². The van der Waals surface area contributed by atoms with Gasteiger partial charge in [-0.05, 0) is 46.9 Å². The van der Waals surface area contributed by atoms with Crippen molar-refractivity contribution in [2.45, 2.75) is 26.3 Å². The summed E-state index contributed by atoms with van der Waals surface area (Å²) in [6.45, 7) is 3.91. The SMILES string of the molecule is CC[C@H](CO)NC(=O)c1scc(C)c1I. The van der Waals surface area contributed by atoms with Crippen molar-refractivity contribution in [2.24, 2.45) is 0 Å². The number of aryl methyl sites for hydroxylation is 1. The van der Waals surface area contributed by atoms with Gasteiger partial charge in [0.1, 0.15) is 4.88 Å². The number of halogens is 1. The number of thiophene rings is 1. The third kappa shape index (κ3) is 3.15. The van der Waals surface area contributed by atoms with Crippen molar-refractivity contribution < 1.29 is 9.90 Å². The topological polar surface area (TPSA) is 49.3 Å². The fourth-order valence-electron chi connectivity index (χ4n) is 1.11. The van der Waals surface area contributed by atoms with Gasteiger partial charge in [0.2, 0.25) is 0 Å². The molecule has 0 unspecified atom stereocenters. The van der Waals surface area contributed by atoms with E-state index in [-0.39, 0.29) is 18.6 Å². The Balaban J connectivity index is 2.73. The monoisotopic (exact) mass is 339 g/mol. The van der Waals surface area contributed by atoms with Crippen LogP contribution >= 0.6 is 33.9 Å². The van der Waals surface area contributed by atoms with E-state index in [1.54, 1.807) is 0 Å². The molecular weight excluding hydrogens is 325 g/mol. The number of rotatable bonds is 4. The summed E-state index contributed by atoms with van der Waals surface area (Å²) in [6.07, 6.45) is 0.739. The number of carbonyl (C=O) groups is 1. The Bertz CT molecular complexity index is 347. The molecule has 1 rings (SSSR count). The van der Waals surface area contributed by atoms with Crippen LogP contribution < -0.4 is 5.32 Å². The van der Waals surface area contributed by atoms with E-state index in [1.807, 2.05) is 19.2 Å². The van der Waals surface area contributed by atoms with Crippen molar-refractivity contribution in [1.82, 2.24) is 5.32 Å². The highest BCUT2D eigenvalue weighted by atomic mass is 127. The molecule has 2 N–H and O–H groups in total. The lowest BCUT2D eigenvalue weighted by Crippen LogP contribution is -2.36. The Kier molecular flexibility index (Phi) is 5.01. The molecule has 0 aliphatic rings. The molecule has 0 aromatic carbocycles. The lowest BCUT2D eigenvalue weighted by Gasteiger charge is -2.13. The second-order valence-corrected chi connectivity index (χ2v) is 5.28. The summed E-state index contributed by atoms with van der Waals surface area (Å²) >= 11 is 3.62. The van der Waals surface area contributed by atoms with Gasteiger partial charge in [0, 0.05) is 3.57 Å². The van der Waals surface area contributed by atoms with Crippen LogP contribution in [0.3, 0.4) is 0 Å². The normalized spacial score (nSPS) is 12.5. The average molecular weight is 339 g/mol. The number of amides is 1. The van der Waals surface area contributed by atoms with Gasteiger partial charge in [0.05, 0.1) is 12.6 Å². The smallest absolute Gasteiger partial charge is 0.262 e. The highest BCUT2D eigenvalue weighted by Gasteiger charge is 2.16. The third-order valence-electron chi connectivity index (χ3n) is 2.15. The van der Waals surface area contributed by atoms with E-state index in [9.17, 15) is 4.79 Å². The largest absolute Gasteiger partial charge is 0.394 e. The van der Waals surface area contributed by atoms with Gasteiger partial charge in [0.25, 0.3) is 5.91 Å². The van der Waals surface area contributed by atoms with Gasteiger partial charge in [-0.1, -0.05) is 6.92 Å². The van der Waals surface area contributed by atoms with Gasteiger partial charge in [-0.2, -0.15) is 0 Å². The third-order valence-corrected chi connectivity index (χ3v) is 5.01. The van der Waals surface area contributed by atoms with E-state index < -0.39 is 0 Å². The summed E-state index contributed by atoms with van der Waals surface area (Å²) < 4.78 is 1.00. The van der Waals surface area contributed by atoms with E-state index in [0.29, 0.717) is 0 Å². The second kappa shape index (κ2) is 5.81. The molecule has 0 saturated heterocycles. The van der Waals surface area contributed by atoms with Gasteiger partial charge < -0.3 is 10.4 Å². The molecule has 1 amide bonds. The number of carbonyl (C=O) groups excluding carboxylic acids is 1. The van der Waals surface area contributed by atoms with E-state index in [4.69, 9.17) is 5.11 Å². The Morgan fingerprint density at radius 1 is 1.73 bits per heavy atom. The summed E-state index contributed by atoms with van der Waals surface area (Å²) in [4.78, 5) is 12.5. The standard InChI is InChI=1S/C10H14INO2S/c1-3-7(4-13)12-10(14)9-8(11)6(2)5-15-9/h5,7,13H,3-4H2,1-2H3,(H,12,14)/t7-/m1/s1. The van der Waals surface area contributed by atoms with Crippen LogP contribution in [0.2, 0.25) is 0 Å². The molecule has 1 atom stereocenters. The van der Waals surface area contributed by atoms with Crippen LogP contribution in [0.1, 0.15) is 28.6 Å². The van der Waals surface area contributed by atoms with Crippen LogP contribution in [-0.2, 0) is 0 Å². The molecule has 0 spiro atoms. The van der Waals surface area contributed by atoms with E-state index in [0.717, 1.165) is 20.4 Å². The minimum atomic E-state index is -0.143. The molecule has 1 aromatic rings. The molecule has 1 aromatic heterocycles. The van der Waals surface area contributed by atoms with Crippen LogP contribution in [-0.4, -0.2) is 23.7 Å². The van der Waals surface area contributed by atoms with Crippen LogP contribution in [0.25, 0.3) is 0 Å². The van der Waals surface area contributed by atoms with Crippen molar-refractivity contribution in [2.75, 3.05) is 6.61 Å². The van der Waals surface area contributed by atoms with E-state index in [2.05, 4.69) is 27.9 Å². The van der Waals surface area contributed by atoms with Crippen LogP contribution in [0.5, 0.6) is 0 Å². The summed E-state index contributed by atoms with van der Waals surface area (Å²) in [7, 11) is 0. The fourth-order valence-corrected chi connectivity index (χ4v) is 2.95. The van der Waals surface area contributed by atoms with Crippen LogP contribution in [0, 0.1) is 10.5 Å². The molecular formula is C10H14INO2S. The first-order chi connectivity index (χ1) is 7.10. The first kappa shape index (κ1) is 12.9. The Morgan fingerprint density at radius 3 is 2.80 bits per heavy atom. The molecule has 0 aliphatic carbocycles. The zero-order valence-electron chi connectivity index (χ0n) is 8.71. The average Bonchev–Trinajstić information content (AvgIpc) is 2.56. The summed E-state index contributed by atoms with van der Waals surface area (Å²) in [5.74, 6) is -0.0848. The van der Waals surface area contributed by atoms with Crippen molar-refractivity contribution in [3.05, 3.63) is 19.4 Å². The van der Waals surface area contributed by atoms with Gasteiger partial charge >= 0.3 is 0 Å². The Morgan fingerprint density at radius 2 is 2.40 bits per heavy atom. The molecule has 0 fully saturated rings. The van der Waals surface area contributed by atoms with Gasteiger partial charge in [-0.3, -0.25) is 4.79 Å². The maximum Gasteiger partial charge on any atom is 0.262 e. The first-order valence-electron chi connectivity index (χ1n) is 4.75. The van der Waals surface area contributed by atoms with Gasteiger partial charge in [-0.15, -0.1) is 11.3 Å². The molecule has 0 radical (unpaired) electrons. The quantitative estimate of drug-likeness (QED) is 0.826. The van der Waals surface area contributed by atoms with E-state index >= 15 is 0 Å². The molecule has 0 bridgehead atoms. The highest BCUT2D eigenvalue weighted by Crippen LogP contribution is 2.23. The molecule has 1 heterocycles. The molecule has 3 nitrogen and oxygen atoms in total. The number of nitrogens with one attached hydrogen (secondary N) is 1. The lowest BCUT2D eigenvalue weighted by atomic mass is 10.2. The summed E-state index contributed by atoms with van der Waals surface area (Å²) in [5, 5.41) is 13.8. The predicted octanol–water partition coefficient (Wildman–Crippen LogP) is 2.16. The Hall–Kier alpha value is -0.140. The second-order valence-electron chi connectivity index (χ2n) is 3.32. The van der Waals surface area contributed by atoms with Crippen molar-refractivity contribution in [1.29, 1.82) is 0 Å². The van der Waals surface area contributed by atoms with Crippen LogP contribution in [0.15, 0.2) is 5.38 Å². The number of hydrogen-bond donors (Lipinski definition) is 2. The van der Waals surface area contributed by atoms with Crippen LogP contribution in [0.4, 0.5) is 0 Å². The lowest BCUT2D eigenvalue weighted by molar-refractivity contribution is 0.0918. The first-order valence-corrected chi connectivity index (χ1v) is 6.71. The van der Waals surface area contributed by atoms with Gasteiger partial charge in [-0.25, -0.2) is 0 Å². The maximum atomic E-state index is 11.8. The molecule has 0 aliphatic heterocycles. The molecule has 84 valence electrons. The van der Waals surface area contributed by atoms with Crippen molar-refractivity contribution >= 4 is 39.8 Å². The summed E-state index contributed by atoms with van der Waals surface area (Å²) in [5.41, 5.74) is 1.13. The van der Waals surface area contributed by atoms with Gasteiger partial charge in [0.15, 0.2) is 0 Å². The molecule has 0 saturated carbocycles.